The molecule has 0 aliphatic rings. The summed E-state index contributed by atoms with van der Waals surface area (Å²) in [5, 5.41) is 5.59. The molecule has 2 N–H and O–H groups in total. The van der Waals surface area contributed by atoms with Gasteiger partial charge in [-0.05, 0) is 42.8 Å². The molecule has 3 rings (SSSR count). The number of anilines is 3. The van der Waals surface area contributed by atoms with Crippen molar-refractivity contribution in [3.8, 4) is 0 Å². The van der Waals surface area contributed by atoms with Crippen molar-refractivity contribution in [1.82, 2.24) is 4.98 Å². The highest BCUT2D eigenvalue weighted by molar-refractivity contribution is 6.03. The van der Waals surface area contributed by atoms with E-state index in [2.05, 4.69) is 15.6 Å². The first kappa shape index (κ1) is 16.6. The van der Waals surface area contributed by atoms with Crippen LogP contribution in [-0.4, -0.2) is 10.9 Å². The molecule has 2 aromatic carbocycles. The second-order valence-electron chi connectivity index (χ2n) is 5.45. The molecule has 1 aromatic heterocycles. The van der Waals surface area contributed by atoms with E-state index in [4.69, 9.17) is 0 Å². The number of benzene rings is 2. The molecule has 1 amide bonds. The lowest BCUT2D eigenvalue weighted by Crippen LogP contribution is -2.14. The van der Waals surface area contributed by atoms with Gasteiger partial charge in [0.05, 0.1) is 5.69 Å². The zero-order valence-electron chi connectivity index (χ0n) is 13.4. The van der Waals surface area contributed by atoms with E-state index in [1.54, 1.807) is 12.1 Å². The molecule has 4 nitrogen and oxygen atoms in total. The number of hydrogen-bond donors (Lipinski definition) is 2. The van der Waals surface area contributed by atoms with E-state index < -0.39 is 11.6 Å². The summed E-state index contributed by atoms with van der Waals surface area (Å²) in [5.74, 6) is -1.75. The molecule has 25 heavy (non-hydrogen) atoms. The fourth-order valence-corrected chi connectivity index (χ4v) is 2.28. The number of aromatic nitrogens is 1. The van der Waals surface area contributed by atoms with Crippen molar-refractivity contribution < 1.29 is 13.6 Å². The van der Waals surface area contributed by atoms with E-state index in [1.807, 2.05) is 25.1 Å². The summed E-state index contributed by atoms with van der Waals surface area (Å²) in [4.78, 5) is 16.4. The number of rotatable bonds is 4. The number of carbonyl (C=O) groups excluding carboxylic acids is 1. The van der Waals surface area contributed by atoms with Gasteiger partial charge in [-0.15, -0.1) is 0 Å². The third kappa shape index (κ3) is 3.98. The van der Waals surface area contributed by atoms with Crippen LogP contribution in [0.25, 0.3) is 0 Å². The zero-order chi connectivity index (χ0) is 17.8. The molecule has 126 valence electrons. The zero-order valence-corrected chi connectivity index (χ0v) is 13.4. The Labute approximate surface area is 143 Å². The van der Waals surface area contributed by atoms with Gasteiger partial charge in [0.2, 0.25) is 0 Å². The summed E-state index contributed by atoms with van der Waals surface area (Å²) in [5.41, 5.74) is 2.37. The summed E-state index contributed by atoms with van der Waals surface area (Å²) < 4.78 is 26.7. The van der Waals surface area contributed by atoms with Crippen LogP contribution >= 0.6 is 0 Å². The molecule has 1 heterocycles. The van der Waals surface area contributed by atoms with Gasteiger partial charge in [-0.25, -0.2) is 8.78 Å². The van der Waals surface area contributed by atoms with Crippen molar-refractivity contribution in [2.45, 2.75) is 6.92 Å². The van der Waals surface area contributed by atoms with Crippen LogP contribution < -0.4 is 10.6 Å². The van der Waals surface area contributed by atoms with Crippen LogP contribution in [0.5, 0.6) is 0 Å². The average Bonchev–Trinajstić information content (AvgIpc) is 2.60. The smallest absolute Gasteiger partial charge is 0.274 e. The number of para-hydroxylation sites is 1. The number of hydrogen-bond acceptors (Lipinski definition) is 3. The van der Waals surface area contributed by atoms with E-state index in [-0.39, 0.29) is 17.3 Å². The molecule has 0 fully saturated rings. The molecule has 0 unspecified atom stereocenters. The number of halogens is 2. The monoisotopic (exact) mass is 339 g/mol. The highest BCUT2D eigenvalue weighted by atomic mass is 19.1. The van der Waals surface area contributed by atoms with Crippen molar-refractivity contribution in [2.24, 2.45) is 0 Å². The van der Waals surface area contributed by atoms with Crippen LogP contribution in [0.3, 0.4) is 0 Å². The summed E-state index contributed by atoms with van der Waals surface area (Å²) in [6.07, 6.45) is 1.44. The molecule has 0 saturated carbocycles. The van der Waals surface area contributed by atoms with E-state index in [0.29, 0.717) is 11.4 Å². The van der Waals surface area contributed by atoms with Crippen molar-refractivity contribution in [3.63, 3.8) is 0 Å². The van der Waals surface area contributed by atoms with Crippen LogP contribution in [0.2, 0.25) is 0 Å². The minimum atomic E-state index is -0.720. The second kappa shape index (κ2) is 7.09. The molecular weight excluding hydrogens is 324 g/mol. The first-order valence-corrected chi connectivity index (χ1v) is 7.58. The third-order valence-electron chi connectivity index (χ3n) is 3.60. The molecule has 0 atom stereocenters. The molecule has 3 aromatic rings. The fourth-order valence-electron chi connectivity index (χ4n) is 2.28. The molecule has 0 bridgehead atoms. The molecule has 0 radical (unpaired) electrons. The SMILES string of the molecule is Cc1ccccc1NC(=O)c1cc(Nc2ccc(F)cc2F)ccn1. The van der Waals surface area contributed by atoms with Gasteiger partial charge in [0.1, 0.15) is 17.3 Å². The summed E-state index contributed by atoms with van der Waals surface area (Å²) in [6.45, 7) is 1.89. The van der Waals surface area contributed by atoms with Crippen LogP contribution in [0.1, 0.15) is 16.1 Å². The minimum Gasteiger partial charge on any atom is -0.353 e. The number of aryl methyl sites for hydroxylation is 1. The van der Waals surface area contributed by atoms with Crippen molar-refractivity contribution in [2.75, 3.05) is 10.6 Å². The lowest BCUT2D eigenvalue weighted by Gasteiger charge is -2.10. The average molecular weight is 339 g/mol. The van der Waals surface area contributed by atoms with Gasteiger partial charge in [0, 0.05) is 23.6 Å². The van der Waals surface area contributed by atoms with Gasteiger partial charge in [0.25, 0.3) is 5.91 Å². The highest BCUT2D eigenvalue weighted by Gasteiger charge is 2.11. The summed E-state index contributed by atoms with van der Waals surface area (Å²) in [6, 6.07) is 13.7. The van der Waals surface area contributed by atoms with Crippen molar-refractivity contribution in [1.29, 1.82) is 0 Å². The Morgan fingerprint density at radius 2 is 1.80 bits per heavy atom. The standard InChI is InChI=1S/C19H15F2N3O/c1-12-4-2-3-5-16(12)24-19(25)18-11-14(8-9-22-18)23-17-7-6-13(20)10-15(17)21/h2-11H,1H3,(H,22,23)(H,24,25). The van der Waals surface area contributed by atoms with Crippen LogP contribution in [-0.2, 0) is 0 Å². The van der Waals surface area contributed by atoms with Crippen LogP contribution in [0, 0.1) is 18.6 Å². The fraction of sp³-hybridized carbons (Fsp3) is 0.0526. The van der Waals surface area contributed by atoms with Crippen LogP contribution in [0.4, 0.5) is 25.8 Å². The maximum Gasteiger partial charge on any atom is 0.274 e. The first-order valence-electron chi connectivity index (χ1n) is 7.58. The lowest BCUT2D eigenvalue weighted by molar-refractivity contribution is 0.102. The van der Waals surface area contributed by atoms with E-state index in [0.717, 1.165) is 17.7 Å². The lowest BCUT2D eigenvalue weighted by atomic mass is 10.2. The first-order chi connectivity index (χ1) is 12.0. The molecule has 0 aliphatic carbocycles. The number of carbonyl (C=O) groups is 1. The van der Waals surface area contributed by atoms with Gasteiger partial charge >= 0.3 is 0 Å². The largest absolute Gasteiger partial charge is 0.353 e. The molecule has 0 spiro atoms. The second-order valence-corrected chi connectivity index (χ2v) is 5.45. The summed E-state index contributed by atoms with van der Waals surface area (Å²) in [7, 11) is 0. The van der Waals surface area contributed by atoms with E-state index in [9.17, 15) is 13.6 Å². The van der Waals surface area contributed by atoms with Gasteiger partial charge in [0.15, 0.2) is 0 Å². The van der Waals surface area contributed by atoms with Gasteiger partial charge in [-0.2, -0.15) is 0 Å². The molecular formula is C19H15F2N3O. The highest BCUT2D eigenvalue weighted by Crippen LogP contribution is 2.21. The van der Waals surface area contributed by atoms with Crippen molar-refractivity contribution in [3.05, 3.63) is 83.7 Å². The minimum absolute atomic E-state index is 0.109. The Balaban J connectivity index is 1.79. The molecule has 6 heteroatoms. The normalized spacial score (nSPS) is 10.4. The Kier molecular flexibility index (Phi) is 4.70. The van der Waals surface area contributed by atoms with Gasteiger partial charge in [-0.3, -0.25) is 9.78 Å². The number of nitrogens with zero attached hydrogens (tertiary/aromatic N) is 1. The maximum absolute atomic E-state index is 13.7. The number of pyridine rings is 1. The Hall–Kier alpha value is -3.28. The molecule has 0 saturated heterocycles. The quantitative estimate of drug-likeness (QED) is 0.727. The van der Waals surface area contributed by atoms with Crippen molar-refractivity contribution >= 4 is 23.0 Å². The summed E-state index contributed by atoms with van der Waals surface area (Å²) >= 11 is 0. The predicted molar refractivity (Wildman–Crippen MR) is 93.0 cm³/mol. The van der Waals surface area contributed by atoms with Gasteiger partial charge in [-0.1, -0.05) is 18.2 Å². The Bertz CT molecular complexity index is 928. The van der Waals surface area contributed by atoms with E-state index >= 15 is 0 Å². The van der Waals surface area contributed by atoms with Crippen LogP contribution in [0.15, 0.2) is 60.8 Å². The Morgan fingerprint density at radius 3 is 2.56 bits per heavy atom. The predicted octanol–water partition coefficient (Wildman–Crippen LogP) is 4.66. The third-order valence-corrected chi connectivity index (χ3v) is 3.60. The van der Waals surface area contributed by atoms with E-state index in [1.165, 1.54) is 18.3 Å². The maximum atomic E-state index is 13.7. The molecule has 0 aliphatic heterocycles. The number of nitrogens with one attached hydrogen (secondary N) is 2. The Morgan fingerprint density at radius 1 is 1.00 bits per heavy atom. The number of amides is 1. The topological polar surface area (TPSA) is 54.0 Å². The van der Waals surface area contributed by atoms with Gasteiger partial charge < -0.3 is 10.6 Å².